The number of amides is 1. The van der Waals surface area contributed by atoms with E-state index in [1.165, 1.54) is 0 Å². The third kappa shape index (κ3) is 3.00. The maximum absolute atomic E-state index is 12.5. The molecular formula is C14H21N3O3. The smallest absolute Gasteiger partial charge is 0.307 e. The summed E-state index contributed by atoms with van der Waals surface area (Å²) in [6, 6.07) is 0. The van der Waals surface area contributed by atoms with Crippen LogP contribution in [0.1, 0.15) is 25.3 Å². The van der Waals surface area contributed by atoms with E-state index in [2.05, 4.69) is 5.10 Å². The van der Waals surface area contributed by atoms with Gasteiger partial charge in [0.2, 0.25) is 5.91 Å². The van der Waals surface area contributed by atoms with Crippen LogP contribution in [0.4, 0.5) is 0 Å². The van der Waals surface area contributed by atoms with Crippen LogP contribution < -0.4 is 0 Å². The first-order valence-electron chi connectivity index (χ1n) is 6.83. The van der Waals surface area contributed by atoms with Gasteiger partial charge in [-0.3, -0.25) is 14.3 Å². The molecule has 0 bridgehead atoms. The minimum Gasteiger partial charge on any atom is -0.481 e. The minimum atomic E-state index is -0.859. The highest BCUT2D eigenvalue weighted by Crippen LogP contribution is 2.37. The standard InChI is InChI=1S/C14H21N3O3/c1-9-4-11(12(5-9)14(19)20)13(18)16(2)7-10-6-15-17(3)8-10/h6,8-9,11-12H,4-5,7H2,1-3H3,(H,19,20)/t9?,11-,12+/m0/s1. The summed E-state index contributed by atoms with van der Waals surface area (Å²) in [7, 11) is 3.54. The highest BCUT2D eigenvalue weighted by atomic mass is 16.4. The van der Waals surface area contributed by atoms with Gasteiger partial charge in [0.1, 0.15) is 0 Å². The Balaban J connectivity index is 2.04. The average Bonchev–Trinajstić information content (AvgIpc) is 2.94. The fraction of sp³-hybridized carbons (Fsp3) is 0.643. The lowest BCUT2D eigenvalue weighted by Gasteiger charge is -2.23. The highest BCUT2D eigenvalue weighted by molar-refractivity contribution is 5.85. The van der Waals surface area contributed by atoms with Crippen molar-refractivity contribution < 1.29 is 14.7 Å². The molecule has 1 heterocycles. The van der Waals surface area contributed by atoms with Gasteiger partial charge >= 0.3 is 5.97 Å². The first-order chi connectivity index (χ1) is 9.38. The van der Waals surface area contributed by atoms with Crippen LogP contribution in [0, 0.1) is 17.8 Å². The van der Waals surface area contributed by atoms with Gasteiger partial charge in [-0.05, 0) is 18.8 Å². The Morgan fingerprint density at radius 2 is 2.10 bits per heavy atom. The summed E-state index contributed by atoms with van der Waals surface area (Å²) in [6.45, 7) is 2.47. The average molecular weight is 279 g/mol. The van der Waals surface area contributed by atoms with E-state index >= 15 is 0 Å². The third-order valence-corrected chi connectivity index (χ3v) is 3.99. The van der Waals surface area contributed by atoms with Crippen molar-refractivity contribution >= 4 is 11.9 Å². The monoisotopic (exact) mass is 279 g/mol. The number of carboxylic acid groups (broad SMARTS) is 1. The largest absolute Gasteiger partial charge is 0.481 e. The minimum absolute atomic E-state index is 0.0781. The molecular weight excluding hydrogens is 258 g/mol. The van der Waals surface area contributed by atoms with Crippen LogP contribution in [0.5, 0.6) is 0 Å². The third-order valence-electron chi connectivity index (χ3n) is 3.99. The maximum atomic E-state index is 12.5. The Hall–Kier alpha value is -1.85. The highest BCUT2D eigenvalue weighted by Gasteiger charge is 2.42. The summed E-state index contributed by atoms with van der Waals surface area (Å²) in [4.78, 5) is 25.3. The molecule has 1 saturated carbocycles. The summed E-state index contributed by atoms with van der Waals surface area (Å²) in [6.07, 6.45) is 4.82. The lowest BCUT2D eigenvalue weighted by Crippen LogP contribution is -2.36. The second kappa shape index (κ2) is 5.64. The predicted molar refractivity (Wildman–Crippen MR) is 72.7 cm³/mol. The molecule has 6 heteroatoms. The molecule has 6 nitrogen and oxygen atoms in total. The Bertz CT molecular complexity index is 512. The molecule has 1 aromatic rings. The maximum Gasteiger partial charge on any atom is 0.307 e. The molecule has 1 aliphatic rings. The van der Waals surface area contributed by atoms with Crippen molar-refractivity contribution in [3.8, 4) is 0 Å². The quantitative estimate of drug-likeness (QED) is 0.896. The van der Waals surface area contributed by atoms with E-state index in [4.69, 9.17) is 0 Å². The molecule has 0 saturated heterocycles. The normalized spacial score (nSPS) is 25.6. The van der Waals surface area contributed by atoms with Gasteiger partial charge in [-0.1, -0.05) is 6.92 Å². The summed E-state index contributed by atoms with van der Waals surface area (Å²) in [5.74, 6) is -1.59. The molecule has 1 aromatic heterocycles. The van der Waals surface area contributed by atoms with E-state index in [-0.39, 0.29) is 11.8 Å². The predicted octanol–water partition coefficient (Wildman–Crippen LogP) is 1.13. The van der Waals surface area contributed by atoms with Crippen molar-refractivity contribution in [3.05, 3.63) is 18.0 Å². The SMILES string of the molecule is CC1C[C@H](C(=O)N(C)Cc2cnn(C)c2)[C@H](C(=O)O)C1. The number of aliphatic carboxylic acids is 1. The number of carbonyl (C=O) groups excluding carboxylic acids is 1. The van der Waals surface area contributed by atoms with Crippen LogP contribution in [0.2, 0.25) is 0 Å². The number of nitrogens with zero attached hydrogens (tertiary/aromatic N) is 3. The molecule has 1 amide bonds. The van der Waals surface area contributed by atoms with Gasteiger partial charge in [0.05, 0.1) is 18.0 Å². The summed E-state index contributed by atoms with van der Waals surface area (Å²) in [5.41, 5.74) is 0.946. The van der Waals surface area contributed by atoms with E-state index in [1.807, 2.05) is 20.2 Å². The zero-order chi connectivity index (χ0) is 14.9. The zero-order valence-corrected chi connectivity index (χ0v) is 12.1. The van der Waals surface area contributed by atoms with Crippen LogP contribution in [0.15, 0.2) is 12.4 Å². The van der Waals surface area contributed by atoms with Crippen LogP contribution in [-0.4, -0.2) is 38.7 Å². The fourth-order valence-corrected chi connectivity index (χ4v) is 3.03. The summed E-state index contributed by atoms with van der Waals surface area (Å²) < 4.78 is 1.69. The number of hydrogen-bond acceptors (Lipinski definition) is 3. The number of carboxylic acids is 1. The van der Waals surface area contributed by atoms with Gasteiger partial charge in [0.15, 0.2) is 0 Å². The number of hydrogen-bond donors (Lipinski definition) is 1. The topological polar surface area (TPSA) is 75.4 Å². The van der Waals surface area contributed by atoms with E-state index in [1.54, 1.807) is 22.8 Å². The van der Waals surface area contributed by atoms with Crippen molar-refractivity contribution in [2.24, 2.45) is 24.8 Å². The Morgan fingerprint density at radius 3 is 2.65 bits per heavy atom. The van der Waals surface area contributed by atoms with Crippen molar-refractivity contribution in [3.63, 3.8) is 0 Å². The molecule has 0 aliphatic heterocycles. The van der Waals surface area contributed by atoms with E-state index < -0.39 is 17.8 Å². The lowest BCUT2D eigenvalue weighted by molar-refractivity contribution is -0.148. The van der Waals surface area contributed by atoms with E-state index in [9.17, 15) is 14.7 Å². The van der Waals surface area contributed by atoms with Gasteiger partial charge in [0, 0.05) is 32.4 Å². The molecule has 3 atom stereocenters. The lowest BCUT2D eigenvalue weighted by atomic mass is 9.95. The molecule has 20 heavy (non-hydrogen) atoms. The first-order valence-corrected chi connectivity index (χ1v) is 6.83. The van der Waals surface area contributed by atoms with E-state index in [0.717, 1.165) is 5.56 Å². The van der Waals surface area contributed by atoms with Gasteiger partial charge in [-0.2, -0.15) is 5.10 Å². The molecule has 1 aliphatic carbocycles. The molecule has 2 rings (SSSR count). The molecule has 1 N–H and O–H groups in total. The Morgan fingerprint density at radius 1 is 1.45 bits per heavy atom. The molecule has 0 radical (unpaired) electrons. The van der Waals surface area contributed by atoms with Gasteiger partial charge in [0.25, 0.3) is 0 Å². The van der Waals surface area contributed by atoms with Gasteiger partial charge in [-0.25, -0.2) is 0 Å². The number of aryl methyl sites for hydroxylation is 1. The number of carbonyl (C=O) groups is 2. The van der Waals surface area contributed by atoms with E-state index in [0.29, 0.717) is 19.4 Å². The first kappa shape index (κ1) is 14.6. The van der Waals surface area contributed by atoms with Gasteiger partial charge < -0.3 is 10.0 Å². The summed E-state index contributed by atoms with van der Waals surface area (Å²) >= 11 is 0. The second-order valence-electron chi connectivity index (χ2n) is 5.84. The molecule has 1 fully saturated rings. The Kier molecular flexibility index (Phi) is 4.11. The molecule has 110 valence electrons. The van der Waals surface area contributed by atoms with Crippen LogP contribution in [0.3, 0.4) is 0 Å². The zero-order valence-electron chi connectivity index (χ0n) is 12.1. The Labute approximate surface area is 118 Å². The van der Waals surface area contributed by atoms with Crippen LogP contribution >= 0.6 is 0 Å². The van der Waals surface area contributed by atoms with Crippen molar-refractivity contribution in [2.45, 2.75) is 26.3 Å². The van der Waals surface area contributed by atoms with Crippen molar-refractivity contribution in [2.75, 3.05) is 7.05 Å². The molecule has 0 spiro atoms. The molecule has 0 aromatic carbocycles. The summed E-state index contributed by atoms with van der Waals surface area (Å²) in [5, 5.41) is 13.3. The second-order valence-corrected chi connectivity index (χ2v) is 5.84. The van der Waals surface area contributed by atoms with Crippen molar-refractivity contribution in [1.29, 1.82) is 0 Å². The fourth-order valence-electron chi connectivity index (χ4n) is 3.03. The van der Waals surface area contributed by atoms with Gasteiger partial charge in [-0.15, -0.1) is 0 Å². The number of aromatic nitrogens is 2. The van der Waals surface area contributed by atoms with Crippen LogP contribution in [0.25, 0.3) is 0 Å². The molecule has 1 unspecified atom stereocenters. The van der Waals surface area contributed by atoms with Crippen molar-refractivity contribution in [1.82, 2.24) is 14.7 Å². The number of rotatable bonds is 4. The van der Waals surface area contributed by atoms with Crippen LogP contribution in [-0.2, 0) is 23.2 Å².